The van der Waals surface area contributed by atoms with Crippen LogP contribution in [0.25, 0.3) is 11.3 Å². The third-order valence-electron chi connectivity index (χ3n) is 5.05. The summed E-state index contributed by atoms with van der Waals surface area (Å²) in [5, 5.41) is 14.6. The molecule has 1 saturated heterocycles. The van der Waals surface area contributed by atoms with E-state index in [0.717, 1.165) is 47.8 Å². The van der Waals surface area contributed by atoms with Crippen molar-refractivity contribution in [2.24, 2.45) is 0 Å². The van der Waals surface area contributed by atoms with Crippen molar-refractivity contribution in [2.45, 2.75) is 13.3 Å². The molecule has 2 heterocycles. The highest BCUT2D eigenvalue weighted by Gasteiger charge is 2.13. The lowest BCUT2D eigenvalue weighted by molar-refractivity contribution is 0.122. The second-order valence-electron chi connectivity index (χ2n) is 7.05. The molecule has 1 aromatic heterocycles. The minimum atomic E-state index is -0.276. The largest absolute Gasteiger partial charge is 0.378 e. The van der Waals surface area contributed by atoms with Crippen LogP contribution in [0.4, 0.5) is 22.0 Å². The molecule has 0 radical (unpaired) electrons. The molecule has 0 spiro atoms. The fraction of sp³-hybridized carbons (Fsp3) is 0.261. The molecule has 2 aromatic carbocycles. The Bertz CT molecular complexity index is 1000. The van der Waals surface area contributed by atoms with E-state index in [2.05, 4.69) is 32.7 Å². The van der Waals surface area contributed by atoms with E-state index in [1.54, 1.807) is 0 Å². The SMILES string of the molecule is CCc1ccccc1NC(=O)Nc1cccc(-c2ccc(N3CCOCC3)nn2)c1. The number of ether oxygens (including phenoxy) is 1. The monoisotopic (exact) mass is 403 g/mol. The molecule has 7 heteroatoms. The van der Waals surface area contributed by atoms with Gasteiger partial charge in [0.05, 0.1) is 18.9 Å². The molecular formula is C23H25N5O2. The van der Waals surface area contributed by atoms with Gasteiger partial charge in [-0.1, -0.05) is 37.3 Å². The Hall–Kier alpha value is -3.45. The van der Waals surface area contributed by atoms with Gasteiger partial charge in [-0.15, -0.1) is 10.2 Å². The Morgan fingerprint density at radius 1 is 1.00 bits per heavy atom. The number of morpholine rings is 1. The zero-order valence-corrected chi connectivity index (χ0v) is 17.0. The predicted octanol–water partition coefficient (Wildman–Crippen LogP) is 4.19. The van der Waals surface area contributed by atoms with Gasteiger partial charge < -0.3 is 20.3 Å². The zero-order chi connectivity index (χ0) is 20.8. The number of hydrogen-bond acceptors (Lipinski definition) is 5. The first-order chi connectivity index (χ1) is 14.7. The maximum atomic E-state index is 12.5. The molecule has 3 aromatic rings. The van der Waals surface area contributed by atoms with Gasteiger partial charge in [0.15, 0.2) is 5.82 Å². The van der Waals surface area contributed by atoms with Gasteiger partial charge in [-0.05, 0) is 42.3 Å². The lowest BCUT2D eigenvalue weighted by Crippen LogP contribution is -2.36. The van der Waals surface area contributed by atoms with Crippen molar-refractivity contribution >= 4 is 23.2 Å². The van der Waals surface area contributed by atoms with Gasteiger partial charge in [-0.3, -0.25) is 0 Å². The minimum absolute atomic E-state index is 0.276. The van der Waals surface area contributed by atoms with E-state index in [9.17, 15) is 4.79 Å². The van der Waals surface area contributed by atoms with E-state index < -0.39 is 0 Å². The van der Waals surface area contributed by atoms with Crippen LogP contribution in [0.2, 0.25) is 0 Å². The normalized spacial score (nSPS) is 13.7. The van der Waals surface area contributed by atoms with Gasteiger partial charge in [-0.25, -0.2) is 4.79 Å². The van der Waals surface area contributed by atoms with E-state index in [4.69, 9.17) is 4.74 Å². The summed E-state index contributed by atoms with van der Waals surface area (Å²) in [6, 6.07) is 19.0. The maximum Gasteiger partial charge on any atom is 0.323 e. The van der Waals surface area contributed by atoms with Crippen molar-refractivity contribution in [1.82, 2.24) is 10.2 Å². The molecule has 1 aliphatic rings. The van der Waals surface area contributed by atoms with Gasteiger partial charge in [0.25, 0.3) is 0 Å². The smallest absolute Gasteiger partial charge is 0.323 e. The quantitative estimate of drug-likeness (QED) is 0.668. The van der Waals surface area contributed by atoms with Crippen LogP contribution in [-0.2, 0) is 11.2 Å². The van der Waals surface area contributed by atoms with Gasteiger partial charge in [0.2, 0.25) is 0 Å². The number of benzene rings is 2. The topological polar surface area (TPSA) is 79.4 Å². The summed E-state index contributed by atoms with van der Waals surface area (Å²) in [5.41, 5.74) is 4.25. The van der Waals surface area contributed by atoms with Crippen LogP contribution in [0.5, 0.6) is 0 Å². The standard InChI is InChI=1S/C23H25N5O2/c1-2-17-6-3-4-9-20(17)25-23(29)24-19-8-5-7-18(16-19)21-10-11-22(27-26-21)28-12-14-30-15-13-28/h3-11,16H,2,12-15H2,1H3,(H2,24,25,29). The van der Waals surface area contributed by atoms with Crippen molar-refractivity contribution in [3.63, 3.8) is 0 Å². The summed E-state index contributed by atoms with van der Waals surface area (Å²) >= 11 is 0. The number of nitrogens with one attached hydrogen (secondary N) is 2. The van der Waals surface area contributed by atoms with Crippen LogP contribution >= 0.6 is 0 Å². The summed E-state index contributed by atoms with van der Waals surface area (Å²) in [5.74, 6) is 0.852. The number of amides is 2. The van der Waals surface area contributed by atoms with E-state index in [0.29, 0.717) is 18.9 Å². The highest BCUT2D eigenvalue weighted by Crippen LogP contribution is 2.23. The highest BCUT2D eigenvalue weighted by molar-refractivity contribution is 6.00. The van der Waals surface area contributed by atoms with Crippen molar-refractivity contribution in [2.75, 3.05) is 41.8 Å². The molecule has 0 unspecified atom stereocenters. The average molecular weight is 403 g/mol. The van der Waals surface area contributed by atoms with Gasteiger partial charge in [-0.2, -0.15) is 0 Å². The van der Waals surface area contributed by atoms with Crippen LogP contribution in [0.15, 0.2) is 60.7 Å². The lowest BCUT2D eigenvalue weighted by atomic mass is 10.1. The molecule has 4 rings (SSSR count). The molecular weight excluding hydrogens is 378 g/mol. The van der Waals surface area contributed by atoms with Crippen molar-refractivity contribution in [3.8, 4) is 11.3 Å². The molecule has 0 bridgehead atoms. The van der Waals surface area contributed by atoms with Crippen LogP contribution in [0.1, 0.15) is 12.5 Å². The summed E-state index contributed by atoms with van der Waals surface area (Å²) in [6.45, 7) is 5.13. The summed E-state index contributed by atoms with van der Waals surface area (Å²) in [7, 11) is 0. The molecule has 0 saturated carbocycles. The van der Waals surface area contributed by atoms with E-state index in [1.807, 2.05) is 60.7 Å². The summed E-state index contributed by atoms with van der Waals surface area (Å²) in [4.78, 5) is 14.6. The number of carbonyl (C=O) groups is 1. The van der Waals surface area contributed by atoms with Crippen LogP contribution in [0.3, 0.4) is 0 Å². The predicted molar refractivity (Wildman–Crippen MR) is 119 cm³/mol. The third kappa shape index (κ3) is 4.75. The second-order valence-corrected chi connectivity index (χ2v) is 7.05. The molecule has 0 atom stereocenters. The molecule has 2 N–H and O–H groups in total. The Labute approximate surface area is 176 Å². The van der Waals surface area contributed by atoms with E-state index in [-0.39, 0.29) is 6.03 Å². The number of aryl methyl sites for hydroxylation is 1. The number of para-hydroxylation sites is 1. The van der Waals surface area contributed by atoms with Crippen molar-refractivity contribution < 1.29 is 9.53 Å². The molecule has 1 aliphatic heterocycles. The van der Waals surface area contributed by atoms with Crippen molar-refractivity contribution in [3.05, 3.63) is 66.2 Å². The fourth-order valence-electron chi connectivity index (χ4n) is 3.43. The van der Waals surface area contributed by atoms with Crippen LogP contribution in [0, 0.1) is 0 Å². The van der Waals surface area contributed by atoms with Gasteiger partial charge >= 0.3 is 6.03 Å². The number of urea groups is 1. The second kappa shape index (κ2) is 9.37. The Kier molecular flexibility index (Phi) is 6.20. The van der Waals surface area contributed by atoms with E-state index in [1.165, 1.54) is 0 Å². The van der Waals surface area contributed by atoms with Crippen molar-refractivity contribution in [1.29, 1.82) is 0 Å². The summed E-state index contributed by atoms with van der Waals surface area (Å²) < 4.78 is 5.38. The average Bonchev–Trinajstić information content (AvgIpc) is 2.80. The Morgan fingerprint density at radius 2 is 1.83 bits per heavy atom. The fourth-order valence-corrected chi connectivity index (χ4v) is 3.43. The van der Waals surface area contributed by atoms with Crippen LogP contribution in [-0.4, -0.2) is 42.5 Å². The molecule has 2 amide bonds. The summed E-state index contributed by atoms with van der Waals surface area (Å²) in [6.07, 6.45) is 0.852. The molecule has 154 valence electrons. The third-order valence-corrected chi connectivity index (χ3v) is 5.05. The number of nitrogens with zero attached hydrogens (tertiary/aromatic N) is 3. The molecule has 1 fully saturated rings. The Morgan fingerprint density at radius 3 is 2.60 bits per heavy atom. The van der Waals surface area contributed by atoms with Gasteiger partial charge in [0.1, 0.15) is 0 Å². The minimum Gasteiger partial charge on any atom is -0.378 e. The zero-order valence-electron chi connectivity index (χ0n) is 17.0. The molecule has 30 heavy (non-hydrogen) atoms. The molecule has 0 aliphatic carbocycles. The number of aromatic nitrogens is 2. The van der Waals surface area contributed by atoms with E-state index >= 15 is 0 Å². The number of anilines is 3. The lowest BCUT2D eigenvalue weighted by Gasteiger charge is -2.27. The molecule has 7 nitrogen and oxygen atoms in total. The highest BCUT2D eigenvalue weighted by atomic mass is 16.5. The van der Waals surface area contributed by atoms with Gasteiger partial charge in [0, 0.05) is 30.0 Å². The Balaban J connectivity index is 1.44. The maximum absolute atomic E-state index is 12.5. The van der Waals surface area contributed by atoms with Crippen LogP contribution < -0.4 is 15.5 Å². The first-order valence-electron chi connectivity index (χ1n) is 10.2. The first kappa shape index (κ1) is 19.8. The number of rotatable bonds is 5. The number of hydrogen-bond donors (Lipinski definition) is 2. The number of carbonyl (C=O) groups excluding carboxylic acids is 1. The first-order valence-corrected chi connectivity index (χ1v) is 10.2.